The summed E-state index contributed by atoms with van der Waals surface area (Å²) in [6, 6.07) is 0. The number of rotatable bonds is 3. The average molecular weight is 397 g/mol. The molecule has 2 atom stereocenters. The molecule has 0 spiro atoms. The van der Waals surface area contributed by atoms with Crippen LogP contribution in [0.15, 0.2) is 17.1 Å². The molecule has 4 nitrogen and oxygen atoms in total. The van der Waals surface area contributed by atoms with Crippen LogP contribution in [-0.2, 0) is 4.74 Å². The van der Waals surface area contributed by atoms with E-state index in [0.717, 1.165) is 49.7 Å². The first-order valence-corrected chi connectivity index (χ1v) is 7.73. The van der Waals surface area contributed by atoms with Crippen LogP contribution in [-0.4, -0.2) is 54.7 Å². The van der Waals surface area contributed by atoms with Crippen LogP contribution in [0, 0.1) is 5.92 Å². The first-order valence-electron chi connectivity index (χ1n) is 6.58. The molecule has 2 aliphatic rings. The quantitative estimate of drug-likeness (QED) is 0.342. The second-order valence-corrected chi connectivity index (χ2v) is 6.21. The Balaban J connectivity index is 0.00000180. The molecule has 2 aliphatic heterocycles. The SMILES string of the molecule is C=C(C)C1OCCC1CN=C(N)N1CCSCC1.I. The first kappa shape index (κ1) is 17.1. The lowest BCUT2D eigenvalue weighted by atomic mass is 9.97. The average Bonchev–Trinajstić information content (AvgIpc) is 2.85. The van der Waals surface area contributed by atoms with E-state index in [2.05, 4.69) is 16.5 Å². The van der Waals surface area contributed by atoms with Crippen LogP contribution in [0.4, 0.5) is 0 Å². The van der Waals surface area contributed by atoms with Gasteiger partial charge in [0.1, 0.15) is 0 Å². The van der Waals surface area contributed by atoms with E-state index in [1.54, 1.807) is 0 Å². The highest BCUT2D eigenvalue weighted by molar-refractivity contribution is 14.0. The molecule has 0 bridgehead atoms. The molecule has 110 valence electrons. The number of guanidine groups is 1. The van der Waals surface area contributed by atoms with Gasteiger partial charge in [-0.15, -0.1) is 24.0 Å². The smallest absolute Gasteiger partial charge is 0.191 e. The van der Waals surface area contributed by atoms with E-state index in [1.807, 2.05) is 18.7 Å². The molecule has 0 aliphatic carbocycles. The minimum absolute atomic E-state index is 0. The molecule has 0 aromatic heterocycles. The maximum Gasteiger partial charge on any atom is 0.191 e. The number of nitrogens with two attached hydrogens (primary N) is 1. The lowest BCUT2D eigenvalue weighted by molar-refractivity contribution is 0.120. The van der Waals surface area contributed by atoms with Crippen molar-refractivity contribution in [1.29, 1.82) is 0 Å². The second-order valence-electron chi connectivity index (χ2n) is 4.98. The van der Waals surface area contributed by atoms with Crippen molar-refractivity contribution in [3.05, 3.63) is 12.2 Å². The largest absolute Gasteiger partial charge is 0.374 e. The van der Waals surface area contributed by atoms with Crippen molar-refractivity contribution < 1.29 is 4.74 Å². The van der Waals surface area contributed by atoms with Crippen molar-refractivity contribution in [2.75, 3.05) is 37.7 Å². The Morgan fingerprint density at radius 2 is 2.16 bits per heavy atom. The van der Waals surface area contributed by atoms with Crippen molar-refractivity contribution in [3.8, 4) is 0 Å². The molecule has 2 saturated heterocycles. The molecule has 0 amide bonds. The third kappa shape index (κ3) is 4.82. The van der Waals surface area contributed by atoms with Gasteiger partial charge in [-0.05, 0) is 13.3 Å². The summed E-state index contributed by atoms with van der Waals surface area (Å²) in [7, 11) is 0. The fraction of sp³-hybridized carbons (Fsp3) is 0.769. The number of thioether (sulfide) groups is 1. The van der Waals surface area contributed by atoms with Gasteiger partial charge < -0.3 is 15.4 Å². The van der Waals surface area contributed by atoms with E-state index in [4.69, 9.17) is 10.5 Å². The number of aliphatic imine (C=N–C) groups is 1. The number of ether oxygens (including phenoxy) is 1. The predicted molar refractivity (Wildman–Crippen MR) is 93.5 cm³/mol. The Labute approximate surface area is 137 Å². The molecular weight excluding hydrogens is 373 g/mol. The molecule has 2 unspecified atom stereocenters. The highest BCUT2D eigenvalue weighted by Crippen LogP contribution is 2.26. The Morgan fingerprint density at radius 3 is 2.79 bits per heavy atom. The maximum atomic E-state index is 6.05. The Morgan fingerprint density at radius 1 is 1.47 bits per heavy atom. The van der Waals surface area contributed by atoms with E-state index in [0.29, 0.717) is 11.9 Å². The molecule has 6 heteroatoms. The van der Waals surface area contributed by atoms with Crippen LogP contribution in [0.5, 0.6) is 0 Å². The summed E-state index contributed by atoms with van der Waals surface area (Å²) in [6.45, 7) is 9.62. The molecule has 2 fully saturated rings. The van der Waals surface area contributed by atoms with Crippen LogP contribution in [0.2, 0.25) is 0 Å². The summed E-state index contributed by atoms with van der Waals surface area (Å²) in [5, 5.41) is 0. The van der Waals surface area contributed by atoms with Crippen LogP contribution in [0.25, 0.3) is 0 Å². The molecule has 2 N–H and O–H groups in total. The molecule has 0 aromatic carbocycles. The minimum atomic E-state index is 0. The third-order valence-corrected chi connectivity index (χ3v) is 4.47. The van der Waals surface area contributed by atoms with Gasteiger partial charge in [0.15, 0.2) is 5.96 Å². The van der Waals surface area contributed by atoms with Gasteiger partial charge >= 0.3 is 0 Å². The summed E-state index contributed by atoms with van der Waals surface area (Å²) in [6.07, 6.45) is 1.22. The topological polar surface area (TPSA) is 50.9 Å². The number of hydrogen-bond donors (Lipinski definition) is 1. The highest BCUT2D eigenvalue weighted by Gasteiger charge is 2.28. The van der Waals surface area contributed by atoms with Gasteiger partial charge in [0.05, 0.1) is 6.10 Å². The van der Waals surface area contributed by atoms with E-state index >= 15 is 0 Å². The van der Waals surface area contributed by atoms with Crippen LogP contribution < -0.4 is 5.73 Å². The van der Waals surface area contributed by atoms with Crippen molar-refractivity contribution >= 4 is 41.7 Å². The predicted octanol–water partition coefficient (Wildman–Crippen LogP) is 1.95. The van der Waals surface area contributed by atoms with E-state index in [9.17, 15) is 0 Å². The Kier molecular flexibility index (Phi) is 7.53. The van der Waals surface area contributed by atoms with Gasteiger partial charge in [-0.25, -0.2) is 0 Å². The van der Waals surface area contributed by atoms with Crippen molar-refractivity contribution in [2.45, 2.75) is 19.4 Å². The summed E-state index contributed by atoms with van der Waals surface area (Å²) < 4.78 is 5.68. The molecule has 19 heavy (non-hydrogen) atoms. The lowest BCUT2D eigenvalue weighted by Gasteiger charge is -2.27. The van der Waals surface area contributed by atoms with Crippen LogP contribution in [0.1, 0.15) is 13.3 Å². The molecular formula is C13H24IN3OS. The van der Waals surface area contributed by atoms with E-state index in [1.165, 1.54) is 0 Å². The molecule has 2 heterocycles. The zero-order valence-electron chi connectivity index (χ0n) is 11.5. The second kappa shape index (κ2) is 8.36. The van der Waals surface area contributed by atoms with Gasteiger partial charge in [0, 0.05) is 43.7 Å². The van der Waals surface area contributed by atoms with Crippen molar-refractivity contribution in [2.24, 2.45) is 16.6 Å². The van der Waals surface area contributed by atoms with E-state index in [-0.39, 0.29) is 30.1 Å². The van der Waals surface area contributed by atoms with Crippen molar-refractivity contribution in [3.63, 3.8) is 0 Å². The fourth-order valence-electron chi connectivity index (χ4n) is 2.47. The van der Waals surface area contributed by atoms with Crippen molar-refractivity contribution in [1.82, 2.24) is 4.90 Å². The Bertz CT molecular complexity index is 332. The number of nitrogens with zero attached hydrogens (tertiary/aromatic N) is 2. The van der Waals surface area contributed by atoms with Gasteiger partial charge in [0.25, 0.3) is 0 Å². The lowest BCUT2D eigenvalue weighted by Crippen LogP contribution is -2.43. The standard InChI is InChI=1S/C13H23N3OS.HI/c1-10(2)12-11(3-6-17-12)9-15-13(14)16-4-7-18-8-5-16;/h11-12H,1,3-9H2,2H3,(H2,14,15);1H. The van der Waals surface area contributed by atoms with Gasteiger partial charge in [0.2, 0.25) is 0 Å². The Hall–Kier alpha value is 0.0500. The summed E-state index contributed by atoms with van der Waals surface area (Å²) >= 11 is 1.98. The van der Waals surface area contributed by atoms with Gasteiger partial charge in [-0.3, -0.25) is 4.99 Å². The zero-order chi connectivity index (χ0) is 13.0. The third-order valence-electron chi connectivity index (χ3n) is 3.52. The maximum absolute atomic E-state index is 6.05. The van der Waals surface area contributed by atoms with Gasteiger partial charge in [-0.2, -0.15) is 11.8 Å². The minimum Gasteiger partial charge on any atom is -0.374 e. The summed E-state index contributed by atoms with van der Waals surface area (Å²) in [5.74, 6) is 3.44. The summed E-state index contributed by atoms with van der Waals surface area (Å²) in [5.41, 5.74) is 7.15. The first-order chi connectivity index (χ1) is 8.68. The zero-order valence-corrected chi connectivity index (χ0v) is 14.7. The molecule has 2 rings (SSSR count). The summed E-state index contributed by atoms with van der Waals surface area (Å²) in [4.78, 5) is 6.74. The number of hydrogen-bond acceptors (Lipinski definition) is 3. The monoisotopic (exact) mass is 397 g/mol. The highest BCUT2D eigenvalue weighted by atomic mass is 127. The normalized spacial score (nSPS) is 28.1. The molecule has 0 aromatic rings. The number of halogens is 1. The van der Waals surface area contributed by atoms with Gasteiger partial charge in [-0.1, -0.05) is 12.2 Å². The van der Waals surface area contributed by atoms with E-state index < -0.39 is 0 Å². The fourth-order valence-corrected chi connectivity index (χ4v) is 3.37. The van der Waals surface area contributed by atoms with Crippen LogP contribution >= 0.6 is 35.7 Å². The van der Waals surface area contributed by atoms with Crippen LogP contribution in [0.3, 0.4) is 0 Å². The molecule has 0 radical (unpaired) electrons. The molecule has 0 saturated carbocycles.